The van der Waals surface area contributed by atoms with E-state index in [9.17, 15) is 10.2 Å². The molecule has 5 heteroatoms. The minimum Gasteiger partial charge on any atom is -0.388 e. The predicted octanol–water partition coefficient (Wildman–Crippen LogP) is 0.0824. The Hall–Kier alpha value is 0.270. The fourth-order valence-corrected chi connectivity index (χ4v) is 2.01. The third-order valence-corrected chi connectivity index (χ3v) is 2.86. The van der Waals surface area contributed by atoms with Crippen molar-refractivity contribution in [3.8, 4) is 0 Å². The number of aliphatic hydroxyl groups excluding tert-OH is 2. The number of ether oxygens (including phenoxy) is 1. The first-order valence-electron chi connectivity index (χ1n) is 4.43. The molecule has 1 heterocycles. The van der Waals surface area contributed by atoms with Crippen LogP contribution in [0.2, 0.25) is 0 Å². The van der Waals surface area contributed by atoms with Crippen LogP contribution in [0, 0.1) is 0 Å². The maximum absolute atomic E-state index is 9.75. The van der Waals surface area contributed by atoms with Gasteiger partial charge in [-0.15, -0.1) is 0 Å². The van der Waals surface area contributed by atoms with Crippen LogP contribution < -0.4 is 0 Å². The lowest BCUT2D eigenvalue weighted by molar-refractivity contribution is -0.102. The highest BCUT2D eigenvalue weighted by atomic mass is 31.0. The van der Waals surface area contributed by atoms with Crippen LogP contribution >= 0.6 is 9.47 Å². The topological polar surface area (TPSA) is 58.9 Å². The van der Waals surface area contributed by atoms with Crippen LogP contribution in [0.4, 0.5) is 0 Å². The van der Waals surface area contributed by atoms with E-state index in [0.717, 1.165) is 0 Å². The summed E-state index contributed by atoms with van der Waals surface area (Å²) in [5.74, 6) is 0. The van der Waals surface area contributed by atoms with E-state index in [-0.39, 0.29) is 12.7 Å². The number of aliphatic hydroxyl groups is 2. The molecule has 2 N–H and O–H groups in total. The molecular weight excluding hydrogens is 191 g/mol. The van der Waals surface area contributed by atoms with Crippen LogP contribution in [-0.2, 0) is 9.26 Å². The van der Waals surface area contributed by atoms with Crippen molar-refractivity contribution < 1.29 is 19.5 Å². The van der Waals surface area contributed by atoms with Gasteiger partial charge in [-0.05, 0) is 13.3 Å². The van der Waals surface area contributed by atoms with Crippen molar-refractivity contribution in [2.45, 2.75) is 44.2 Å². The van der Waals surface area contributed by atoms with E-state index in [1.165, 1.54) is 0 Å². The number of rotatable bonds is 3. The van der Waals surface area contributed by atoms with E-state index < -0.39 is 17.8 Å². The maximum atomic E-state index is 9.75. The summed E-state index contributed by atoms with van der Waals surface area (Å²) in [6, 6.07) is 0. The number of hydrogen-bond donors (Lipinski definition) is 2. The third kappa shape index (κ3) is 1.88. The molecule has 0 saturated carbocycles. The van der Waals surface area contributed by atoms with E-state index in [0.29, 0.717) is 6.42 Å². The first-order chi connectivity index (χ1) is 6.07. The lowest BCUT2D eigenvalue weighted by Crippen LogP contribution is -2.45. The Bertz CT molecular complexity index is 178. The first kappa shape index (κ1) is 11.3. The predicted molar refractivity (Wildman–Crippen MR) is 51.2 cm³/mol. The van der Waals surface area contributed by atoms with Gasteiger partial charge in [0.1, 0.15) is 17.8 Å². The van der Waals surface area contributed by atoms with Crippen LogP contribution in [-0.4, -0.2) is 40.7 Å². The van der Waals surface area contributed by atoms with Gasteiger partial charge in [0.2, 0.25) is 0 Å². The van der Waals surface area contributed by atoms with Gasteiger partial charge in [-0.3, -0.25) is 0 Å². The molecular formula is C8H17O4P. The van der Waals surface area contributed by atoms with Gasteiger partial charge in [0.05, 0.1) is 12.7 Å². The van der Waals surface area contributed by atoms with Crippen molar-refractivity contribution in [3.05, 3.63) is 0 Å². The van der Waals surface area contributed by atoms with Crippen molar-refractivity contribution in [2.24, 2.45) is 0 Å². The second-order valence-corrected chi connectivity index (χ2v) is 3.82. The Morgan fingerprint density at radius 2 is 2.15 bits per heavy atom. The highest BCUT2D eigenvalue weighted by Crippen LogP contribution is 2.34. The molecule has 1 aliphatic rings. The van der Waals surface area contributed by atoms with E-state index in [1.54, 1.807) is 6.92 Å². The van der Waals surface area contributed by atoms with Gasteiger partial charge >= 0.3 is 0 Å². The summed E-state index contributed by atoms with van der Waals surface area (Å²) in [6.07, 6.45) is -1.41. The molecule has 0 aromatic rings. The van der Waals surface area contributed by atoms with Crippen molar-refractivity contribution in [1.29, 1.82) is 0 Å². The van der Waals surface area contributed by atoms with Crippen LogP contribution in [0.25, 0.3) is 0 Å². The largest absolute Gasteiger partial charge is 0.388 e. The van der Waals surface area contributed by atoms with Crippen LogP contribution in [0.5, 0.6) is 0 Å². The summed E-state index contributed by atoms with van der Waals surface area (Å²) in [4.78, 5) is 0. The fraction of sp³-hybridized carbons (Fsp3) is 1.00. The second-order valence-electron chi connectivity index (χ2n) is 3.49. The van der Waals surface area contributed by atoms with Crippen molar-refractivity contribution in [3.63, 3.8) is 0 Å². The van der Waals surface area contributed by atoms with Crippen LogP contribution in [0.15, 0.2) is 0 Å². The average molecular weight is 208 g/mol. The summed E-state index contributed by atoms with van der Waals surface area (Å²) >= 11 is 0. The van der Waals surface area contributed by atoms with Crippen molar-refractivity contribution in [1.82, 2.24) is 0 Å². The zero-order valence-electron chi connectivity index (χ0n) is 7.93. The molecule has 5 unspecified atom stereocenters. The van der Waals surface area contributed by atoms with Gasteiger partial charge in [0.25, 0.3) is 0 Å². The Morgan fingerprint density at radius 1 is 1.54 bits per heavy atom. The molecule has 1 saturated heterocycles. The van der Waals surface area contributed by atoms with E-state index in [4.69, 9.17) is 9.26 Å². The summed E-state index contributed by atoms with van der Waals surface area (Å²) in [5.41, 5.74) is -0.749. The summed E-state index contributed by atoms with van der Waals surface area (Å²) in [6.45, 7) is 3.92. The zero-order valence-corrected chi connectivity index (χ0v) is 9.09. The first-order valence-corrected chi connectivity index (χ1v) is 4.90. The Balaban J connectivity index is 2.76. The standard InChI is InChI=1S/C8H17O4P/c1-3-8(4-11-13)7(10)6(9)5(2)12-8/h5-7,9-10H,3-4,13H2,1-2H3. The van der Waals surface area contributed by atoms with E-state index in [1.807, 2.05) is 6.92 Å². The van der Waals surface area contributed by atoms with Gasteiger partial charge in [-0.1, -0.05) is 6.92 Å². The van der Waals surface area contributed by atoms with Gasteiger partial charge in [-0.25, -0.2) is 0 Å². The van der Waals surface area contributed by atoms with E-state index in [2.05, 4.69) is 9.47 Å². The smallest absolute Gasteiger partial charge is 0.120 e. The molecule has 1 rings (SSSR count). The summed E-state index contributed by atoms with van der Waals surface area (Å²) in [7, 11) is 2.12. The highest BCUT2D eigenvalue weighted by molar-refractivity contribution is 7.09. The third-order valence-electron chi connectivity index (χ3n) is 2.69. The molecule has 1 fully saturated rings. The van der Waals surface area contributed by atoms with E-state index >= 15 is 0 Å². The molecule has 13 heavy (non-hydrogen) atoms. The zero-order chi connectivity index (χ0) is 10.1. The number of hydrogen-bond acceptors (Lipinski definition) is 4. The lowest BCUT2D eigenvalue weighted by atomic mass is 9.93. The molecule has 0 spiro atoms. The molecule has 0 radical (unpaired) electrons. The normalized spacial score (nSPS) is 45.5. The average Bonchev–Trinajstić information content (AvgIpc) is 2.32. The Morgan fingerprint density at radius 3 is 2.46 bits per heavy atom. The fourth-order valence-electron chi connectivity index (χ4n) is 1.73. The van der Waals surface area contributed by atoms with Gasteiger partial charge < -0.3 is 19.5 Å². The SMILES string of the molecule is CCC1(COP)OC(C)C(O)C1O. The van der Waals surface area contributed by atoms with Gasteiger partial charge in [0, 0.05) is 9.47 Å². The lowest BCUT2D eigenvalue weighted by Gasteiger charge is -2.29. The minimum absolute atomic E-state index is 0.275. The Kier molecular flexibility index (Phi) is 3.66. The van der Waals surface area contributed by atoms with Crippen LogP contribution in [0.3, 0.4) is 0 Å². The molecule has 0 aliphatic carbocycles. The molecule has 1 aliphatic heterocycles. The summed E-state index contributed by atoms with van der Waals surface area (Å²) < 4.78 is 10.4. The van der Waals surface area contributed by atoms with Gasteiger partial charge in [-0.2, -0.15) is 0 Å². The molecule has 4 nitrogen and oxygen atoms in total. The van der Waals surface area contributed by atoms with Crippen LogP contribution in [0.1, 0.15) is 20.3 Å². The summed E-state index contributed by atoms with van der Waals surface area (Å²) in [5, 5.41) is 19.3. The molecule has 0 amide bonds. The highest BCUT2D eigenvalue weighted by Gasteiger charge is 2.51. The molecule has 78 valence electrons. The maximum Gasteiger partial charge on any atom is 0.120 e. The minimum atomic E-state index is -0.868. The molecule has 5 atom stereocenters. The molecule has 0 bridgehead atoms. The quantitative estimate of drug-likeness (QED) is 0.645. The van der Waals surface area contributed by atoms with Gasteiger partial charge in [0.15, 0.2) is 0 Å². The van der Waals surface area contributed by atoms with Crippen molar-refractivity contribution in [2.75, 3.05) is 6.61 Å². The molecule has 0 aromatic heterocycles. The van der Waals surface area contributed by atoms with Crippen molar-refractivity contribution >= 4 is 9.47 Å². The molecule has 0 aromatic carbocycles. The monoisotopic (exact) mass is 208 g/mol. The Labute approximate surface area is 80.5 Å². The second kappa shape index (κ2) is 4.20.